The van der Waals surface area contributed by atoms with Crippen LogP contribution in [0.3, 0.4) is 0 Å². The number of amides is 1. The Morgan fingerprint density at radius 2 is 1.89 bits per heavy atom. The molecule has 1 saturated heterocycles. The molecule has 0 aromatic carbocycles. The van der Waals surface area contributed by atoms with Gasteiger partial charge in [-0.1, -0.05) is 0 Å². The number of carbonyl (C=O) groups is 3. The largest absolute Gasteiger partial charge is 0.480 e. The average molecular weight is 275 g/mol. The Bertz CT molecular complexity index is 387. The summed E-state index contributed by atoms with van der Waals surface area (Å²) in [5.41, 5.74) is -0.774. The van der Waals surface area contributed by atoms with E-state index in [1.165, 1.54) is 0 Å². The van der Waals surface area contributed by atoms with Crippen LogP contribution in [-0.2, 0) is 23.8 Å². The highest BCUT2D eigenvalue weighted by Gasteiger charge is 2.48. The molecule has 0 bridgehead atoms. The van der Waals surface area contributed by atoms with E-state index < -0.39 is 35.8 Å². The summed E-state index contributed by atoms with van der Waals surface area (Å²) in [6, 6.07) is -1.46. The lowest BCUT2D eigenvalue weighted by atomic mass is 10.1. The number of hydrogen-bond acceptors (Lipinski definition) is 6. The van der Waals surface area contributed by atoms with Crippen LogP contribution >= 0.6 is 0 Å². The second kappa shape index (κ2) is 5.43. The highest BCUT2D eigenvalue weighted by atomic mass is 16.6. The fourth-order valence-corrected chi connectivity index (χ4v) is 1.56. The number of hydrogen-bond donors (Lipinski definition) is 1. The Balaban J connectivity index is 2.88. The number of ether oxygens (including phenoxy) is 3. The molecule has 8 heteroatoms. The van der Waals surface area contributed by atoms with Gasteiger partial charge in [-0.2, -0.15) is 0 Å². The molecule has 0 aliphatic carbocycles. The van der Waals surface area contributed by atoms with Crippen molar-refractivity contribution >= 4 is 18.0 Å². The molecule has 0 radical (unpaired) electrons. The molecule has 108 valence electrons. The number of carbonyl (C=O) groups excluding carboxylic acids is 2. The SMILES string of the molecule is COC(=O)[C@H]1OCN(C(=O)OC(C)(C)C)[C@@H]1C(=O)O. The third kappa shape index (κ3) is 3.57. The number of aliphatic carboxylic acids is 1. The summed E-state index contributed by atoms with van der Waals surface area (Å²) < 4.78 is 14.5. The van der Waals surface area contributed by atoms with Gasteiger partial charge >= 0.3 is 18.0 Å². The monoisotopic (exact) mass is 275 g/mol. The van der Waals surface area contributed by atoms with Crippen molar-refractivity contribution in [2.45, 2.75) is 38.5 Å². The topological polar surface area (TPSA) is 102 Å². The van der Waals surface area contributed by atoms with Crippen molar-refractivity contribution in [3.8, 4) is 0 Å². The van der Waals surface area contributed by atoms with E-state index in [2.05, 4.69) is 4.74 Å². The maximum Gasteiger partial charge on any atom is 0.412 e. The van der Waals surface area contributed by atoms with Gasteiger partial charge in [0.15, 0.2) is 12.1 Å². The molecule has 0 aromatic rings. The molecule has 0 spiro atoms. The highest BCUT2D eigenvalue weighted by Crippen LogP contribution is 2.22. The summed E-state index contributed by atoms with van der Waals surface area (Å²) in [5.74, 6) is -2.21. The minimum atomic E-state index is -1.46. The van der Waals surface area contributed by atoms with Crippen molar-refractivity contribution in [3.05, 3.63) is 0 Å². The molecule has 1 heterocycles. The Morgan fingerprint density at radius 3 is 2.32 bits per heavy atom. The van der Waals surface area contributed by atoms with Crippen LogP contribution in [0.5, 0.6) is 0 Å². The van der Waals surface area contributed by atoms with Gasteiger partial charge in [0.25, 0.3) is 0 Å². The van der Waals surface area contributed by atoms with E-state index in [4.69, 9.17) is 14.6 Å². The molecule has 1 rings (SSSR count). The third-order valence-electron chi connectivity index (χ3n) is 2.33. The molecular formula is C11H17NO7. The normalized spacial score (nSPS) is 23.1. The van der Waals surface area contributed by atoms with Crippen molar-refractivity contribution in [3.63, 3.8) is 0 Å². The number of esters is 1. The van der Waals surface area contributed by atoms with Gasteiger partial charge in [-0.3, -0.25) is 4.90 Å². The molecule has 1 fully saturated rings. The lowest BCUT2D eigenvalue weighted by molar-refractivity contribution is -0.156. The summed E-state index contributed by atoms with van der Waals surface area (Å²) in [5, 5.41) is 9.11. The zero-order valence-corrected chi connectivity index (χ0v) is 11.2. The molecule has 19 heavy (non-hydrogen) atoms. The Labute approximate surface area is 110 Å². The molecule has 1 aliphatic rings. The van der Waals surface area contributed by atoms with Crippen molar-refractivity contribution < 1.29 is 33.7 Å². The first-order valence-electron chi connectivity index (χ1n) is 5.59. The lowest BCUT2D eigenvalue weighted by Crippen LogP contribution is -2.49. The molecule has 1 N–H and O–H groups in total. The maximum atomic E-state index is 11.8. The highest BCUT2D eigenvalue weighted by molar-refractivity contribution is 5.89. The van der Waals surface area contributed by atoms with Crippen LogP contribution in [0.4, 0.5) is 4.79 Å². The number of rotatable bonds is 2. The zero-order valence-electron chi connectivity index (χ0n) is 11.2. The Morgan fingerprint density at radius 1 is 1.32 bits per heavy atom. The summed E-state index contributed by atoms with van der Waals surface area (Å²) in [6.07, 6.45) is -2.21. The van der Waals surface area contributed by atoms with E-state index in [0.29, 0.717) is 0 Å². The lowest BCUT2D eigenvalue weighted by Gasteiger charge is -2.26. The number of carboxylic acids is 1. The van der Waals surface area contributed by atoms with Gasteiger partial charge in [0.1, 0.15) is 12.3 Å². The predicted octanol–water partition coefficient (Wildman–Crippen LogP) is 0.206. The summed E-state index contributed by atoms with van der Waals surface area (Å²) in [6.45, 7) is 4.60. The smallest absolute Gasteiger partial charge is 0.412 e. The number of carboxylic acid groups (broad SMARTS) is 1. The van der Waals surface area contributed by atoms with Crippen molar-refractivity contribution in [2.24, 2.45) is 0 Å². The molecule has 8 nitrogen and oxygen atoms in total. The fourth-order valence-electron chi connectivity index (χ4n) is 1.56. The third-order valence-corrected chi connectivity index (χ3v) is 2.33. The van der Waals surface area contributed by atoms with Crippen LogP contribution in [-0.4, -0.2) is 59.6 Å². The van der Waals surface area contributed by atoms with Crippen LogP contribution in [0.15, 0.2) is 0 Å². The van der Waals surface area contributed by atoms with E-state index in [9.17, 15) is 14.4 Å². The average Bonchev–Trinajstić information content (AvgIpc) is 2.70. The summed E-state index contributed by atoms with van der Waals surface area (Å²) in [7, 11) is 1.11. The molecule has 0 saturated carbocycles. The minimum absolute atomic E-state index is 0.342. The van der Waals surface area contributed by atoms with Gasteiger partial charge in [0.05, 0.1) is 7.11 Å². The molecule has 1 aliphatic heterocycles. The van der Waals surface area contributed by atoms with Crippen LogP contribution in [0.1, 0.15) is 20.8 Å². The zero-order chi connectivity index (χ0) is 14.8. The van der Waals surface area contributed by atoms with E-state index in [0.717, 1.165) is 12.0 Å². The number of methoxy groups -OCH3 is 1. The van der Waals surface area contributed by atoms with E-state index in [1.807, 2.05) is 0 Å². The quantitative estimate of drug-likeness (QED) is 0.718. The second-order valence-corrected chi connectivity index (χ2v) is 4.97. The Hall–Kier alpha value is -1.83. The van der Waals surface area contributed by atoms with E-state index in [1.54, 1.807) is 20.8 Å². The van der Waals surface area contributed by atoms with Gasteiger partial charge < -0.3 is 19.3 Å². The Kier molecular flexibility index (Phi) is 4.35. The first kappa shape index (κ1) is 15.2. The van der Waals surface area contributed by atoms with Crippen molar-refractivity contribution in [1.82, 2.24) is 4.90 Å². The van der Waals surface area contributed by atoms with Crippen LogP contribution in [0, 0.1) is 0 Å². The molecular weight excluding hydrogens is 258 g/mol. The predicted molar refractivity (Wildman–Crippen MR) is 61.3 cm³/mol. The summed E-state index contributed by atoms with van der Waals surface area (Å²) in [4.78, 5) is 35.3. The van der Waals surface area contributed by atoms with Gasteiger partial charge in [-0.05, 0) is 20.8 Å². The van der Waals surface area contributed by atoms with Gasteiger partial charge in [-0.15, -0.1) is 0 Å². The molecule has 2 atom stereocenters. The van der Waals surface area contributed by atoms with Gasteiger partial charge in [0.2, 0.25) is 0 Å². The second-order valence-electron chi connectivity index (χ2n) is 4.97. The standard InChI is InChI=1S/C11H17NO7/c1-11(2,3)19-10(16)12-5-18-7(9(15)17-4)6(12)8(13)14/h6-7H,5H2,1-4H3,(H,13,14)/t6-,7-/m0/s1. The molecule has 1 amide bonds. The van der Waals surface area contributed by atoms with E-state index >= 15 is 0 Å². The maximum absolute atomic E-state index is 11.8. The van der Waals surface area contributed by atoms with Crippen LogP contribution < -0.4 is 0 Å². The van der Waals surface area contributed by atoms with Gasteiger partial charge in [0, 0.05) is 0 Å². The fraction of sp³-hybridized carbons (Fsp3) is 0.727. The number of nitrogens with zero attached hydrogens (tertiary/aromatic N) is 1. The van der Waals surface area contributed by atoms with Crippen LogP contribution in [0.25, 0.3) is 0 Å². The summed E-state index contributed by atoms with van der Waals surface area (Å²) >= 11 is 0. The van der Waals surface area contributed by atoms with Crippen molar-refractivity contribution in [2.75, 3.05) is 13.8 Å². The van der Waals surface area contributed by atoms with Crippen LogP contribution in [0.2, 0.25) is 0 Å². The van der Waals surface area contributed by atoms with Gasteiger partial charge in [-0.25, -0.2) is 14.4 Å². The minimum Gasteiger partial charge on any atom is -0.480 e. The first-order chi connectivity index (χ1) is 8.67. The molecule has 0 unspecified atom stereocenters. The van der Waals surface area contributed by atoms with Crippen molar-refractivity contribution in [1.29, 1.82) is 0 Å². The first-order valence-corrected chi connectivity index (χ1v) is 5.59. The molecule has 0 aromatic heterocycles. The van der Waals surface area contributed by atoms with E-state index in [-0.39, 0.29) is 6.73 Å².